The summed E-state index contributed by atoms with van der Waals surface area (Å²) in [6, 6.07) is 8.09. The third-order valence-electron chi connectivity index (χ3n) is 3.15. The number of amides is 1. The van der Waals surface area contributed by atoms with Crippen LogP contribution in [0.1, 0.15) is 0 Å². The molecular weight excluding hydrogens is 458 g/mol. The van der Waals surface area contributed by atoms with Gasteiger partial charge in [-0.1, -0.05) is 39.1 Å². The van der Waals surface area contributed by atoms with Crippen LogP contribution in [-0.2, 0) is 14.8 Å². The summed E-state index contributed by atoms with van der Waals surface area (Å²) in [6.07, 6.45) is 0. The van der Waals surface area contributed by atoms with E-state index in [1.807, 2.05) is 0 Å². The Labute approximate surface area is 162 Å². The molecule has 0 aliphatic heterocycles. The van der Waals surface area contributed by atoms with Crippen molar-refractivity contribution in [3.63, 3.8) is 0 Å². The van der Waals surface area contributed by atoms with Crippen molar-refractivity contribution in [2.45, 2.75) is 4.90 Å². The van der Waals surface area contributed by atoms with Crippen molar-refractivity contribution in [3.8, 4) is 0 Å². The van der Waals surface area contributed by atoms with E-state index in [0.29, 0.717) is 4.47 Å². The minimum atomic E-state index is -4.04. The van der Waals surface area contributed by atoms with Crippen molar-refractivity contribution >= 4 is 60.7 Å². The number of halogens is 4. The van der Waals surface area contributed by atoms with E-state index in [-0.39, 0.29) is 20.6 Å². The molecule has 0 saturated carbocycles. The zero-order valence-corrected chi connectivity index (χ0v) is 16.7. The van der Waals surface area contributed by atoms with Crippen LogP contribution in [-0.4, -0.2) is 32.2 Å². The van der Waals surface area contributed by atoms with Gasteiger partial charge in [-0.3, -0.25) is 4.79 Å². The van der Waals surface area contributed by atoms with Crippen LogP contribution in [0.4, 0.5) is 10.1 Å². The molecule has 2 aromatic carbocycles. The van der Waals surface area contributed by atoms with E-state index in [0.717, 1.165) is 4.31 Å². The maximum absolute atomic E-state index is 13.7. The molecule has 0 atom stereocenters. The van der Waals surface area contributed by atoms with Crippen LogP contribution in [0.25, 0.3) is 0 Å². The number of nitrogens with one attached hydrogen (secondary N) is 1. The number of hydrogen-bond donors (Lipinski definition) is 1. The molecule has 0 bridgehead atoms. The van der Waals surface area contributed by atoms with E-state index >= 15 is 0 Å². The third-order valence-corrected chi connectivity index (χ3v) is 6.17. The van der Waals surface area contributed by atoms with Crippen molar-refractivity contribution in [2.75, 3.05) is 18.9 Å². The van der Waals surface area contributed by atoms with Gasteiger partial charge in [0.15, 0.2) is 0 Å². The first-order valence-electron chi connectivity index (χ1n) is 6.77. The van der Waals surface area contributed by atoms with E-state index < -0.39 is 28.3 Å². The van der Waals surface area contributed by atoms with Crippen molar-refractivity contribution in [1.82, 2.24) is 4.31 Å². The maximum Gasteiger partial charge on any atom is 0.244 e. The molecule has 0 unspecified atom stereocenters. The summed E-state index contributed by atoms with van der Waals surface area (Å²) in [5.41, 5.74) is -0.0558. The number of hydrogen-bond acceptors (Lipinski definition) is 3. The van der Waals surface area contributed by atoms with Gasteiger partial charge in [0, 0.05) is 16.5 Å². The Bertz CT molecular complexity index is 925. The van der Waals surface area contributed by atoms with Gasteiger partial charge in [-0.25, -0.2) is 12.8 Å². The number of anilines is 1. The molecule has 0 radical (unpaired) electrons. The molecule has 0 aliphatic rings. The summed E-state index contributed by atoms with van der Waals surface area (Å²) in [5.74, 6) is -1.35. The number of carbonyl (C=O) groups excluding carboxylic acids is 1. The van der Waals surface area contributed by atoms with Crippen molar-refractivity contribution in [1.29, 1.82) is 0 Å². The number of likely N-dealkylation sites (N-methyl/N-ethyl adjacent to an activating group) is 1. The molecule has 2 aromatic rings. The van der Waals surface area contributed by atoms with Gasteiger partial charge in [-0.15, -0.1) is 0 Å². The first-order valence-corrected chi connectivity index (χ1v) is 9.76. The van der Waals surface area contributed by atoms with E-state index in [9.17, 15) is 17.6 Å². The SMILES string of the molecule is CN(CC(=O)Nc1ccc(Br)cc1F)S(=O)(=O)c1cc(Cl)ccc1Cl. The highest BCUT2D eigenvalue weighted by atomic mass is 79.9. The lowest BCUT2D eigenvalue weighted by molar-refractivity contribution is -0.116. The summed E-state index contributed by atoms with van der Waals surface area (Å²) in [6.45, 7) is -0.527. The number of carbonyl (C=O) groups is 1. The first kappa shape index (κ1) is 20.1. The molecule has 0 aromatic heterocycles. The van der Waals surface area contributed by atoms with Gasteiger partial charge in [0.25, 0.3) is 0 Å². The molecule has 0 saturated heterocycles. The van der Waals surface area contributed by atoms with Crippen LogP contribution in [0.5, 0.6) is 0 Å². The molecule has 10 heteroatoms. The molecule has 1 N–H and O–H groups in total. The average molecular weight is 470 g/mol. The molecule has 1 amide bonds. The third kappa shape index (κ3) is 4.92. The second-order valence-corrected chi connectivity index (χ2v) is 8.78. The highest BCUT2D eigenvalue weighted by Crippen LogP contribution is 2.27. The Balaban J connectivity index is 2.16. The molecule has 0 spiro atoms. The van der Waals surface area contributed by atoms with Crippen molar-refractivity contribution in [2.24, 2.45) is 0 Å². The van der Waals surface area contributed by atoms with Gasteiger partial charge in [-0.05, 0) is 36.4 Å². The minimum absolute atomic E-state index is 0.0180. The van der Waals surface area contributed by atoms with E-state index in [1.54, 1.807) is 6.07 Å². The number of nitrogens with zero attached hydrogens (tertiary/aromatic N) is 1. The Morgan fingerprint density at radius 1 is 1.24 bits per heavy atom. The highest BCUT2D eigenvalue weighted by molar-refractivity contribution is 9.10. The van der Waals surface area contributed by atoms with Crippen LogP contribution in [0.2, 0.25) is 10.0 Å². The largest absolute Gasteiger partial charge is 0.322 e. The van der Waals surface area contributed by atoms with Crippen LogP contribution >= 0.6 is 39.1 Å². The number of benzene rings is 2. The molecule has 5 nitrogen and oxygen atoms in total. The standard InChI is InChI=1S/C15H12BrCl2FN2O3S/c1-21(25(23,24)14-7-10(17)3-4-11(14)18)8-15(22)20-13-5-2-9(16)6-12(13)19/h2-7H,8H2,1H3,(H,20,22). The van der Waals surface area contributed by atoms with E-state index in [1.165, 1.54) is 37.4 Å². The molecule has 2 rings (SSSR count). The number of rotatable bonds is 5. The van der Waals surface area contributed by atoms with Gasteiger partial charge >= 0.3 is 0 Å². The summed E-state index contributed by atoms with van der Waals surface area (Å²) in [4.78, 5) is 11.8. The molecule has 0 heterocycles. The fourth-order valence-electron chi connectivity index (χ4n) is 1.91. The summed E-state index contributed by atoms with van der Waals surface area (Å²) >= 11 is 14.8. The second kappa shape index (κ2) is 8.01. The smallest absolute Gasteiger partial charge is 0.244 e. The van der Waals surface area contributed by atoms with Gasteiger partial charge < -0.3 is 5.32 Å². The molecule has 0 fully saturated rings. The lowest BCUT2D eigenvalue weighted by atomic mass is 10.3. The fraction of sp³-hybridized carbons (Fsp3) is 0.133. The maximum atomic E-state index is 13.7. The van der Waals surface area contributed by atoms with Gasteiger partial charge in [0.2, 0.25) is 15.9 Å². The predicted molar refractivity (Wildman–Crippen MR) is 99.0 cm³/mol. The first-order chi connectivity index (χ1) is 11.6. The summed E-state index contributed by atoms with van der Waals surface area (Å²) < 4.78 is 40.1. The molecular formula is C15H12BrCl2FN2O3S. The summed E-state index contributed by atoms with van der Waals surface area (Å²) in [5, 5.41) is 2.49. The van der Waals surface area contributed by atoms with Gasteiger partial charge in [0.1, 0.15) is 10.7 Å². The normalized spacial score (nSPS) is 11.6. The Morgan fingerprint density at radius 2 is 1.92 bits per heavy atom. The van der Waals surface area contributed by atoms with Crippen molar-refractivity contribution in [3.05, 3.63) is 56.7 Å². The lowest BCUT2D eigenvalue weighted by Crippen LogP contribution is -2.35. The zero-order chi connectivity index (χ0) is 18.8. The Morgan fingerprint density at radius 3 is 2.56 bits per heavy atom. The topological polar surface area (TPSA) is 66.5 Å². The molecule has 134 valence electrons. The summed E-state index contributed by atoms with van der Waals surface area (Å²) in [7, 11) is -2.83. The van der Waals surface area contributed by atoms with Gasteiger partial charge in [-0.2, -0.15) is 4.31 Å². The van der Waals surface area contributed by atoms with E-state index in [4.69, 9.17) is 23.2 Å². The quantitative estimate of drug-likeness (QED) is 0.715. The fourth-order valence-corrected chi connectivity index (χ4v) is 4.10. The molecule has 25 heavy (non-hydrogen) atoms. The Hall–Kier alpha value is -1.19. The number of sulfonamides is 1. The van der Waals surface area contributed by atoms with Crippen LogP contribution in [0.15, 0.2) is 45.8 Å². The van der Waals surface area contributed by atoms with Crippen LogP contribution in [0, 0.1) is 5.82 Å². The van der Waals surface area contributed by atoms with Crippen LogP contribution in [0.3, 0.4) is 0 Å². The second-order valence-electron chi connectivity index (χ2n) is 5.01. The van der Waals surface area contributed by atoms with E-state index in [2.05, 4.69) is 21.2 Å². The zero-order valence-electron chi connectivity index (χ0n) is 12.8. The van der Waals surface area contributed by atoms with Crippen LogP contribution < -0.4 is 5.32 Å². The van der Waals surface area contributed by atoms with Gasteiger partial charge in [0.05, 0.1) is 17.3 Å². The monoisotopic (exact) mass is 468 g/mol. The Kier molecular flexibility index (Phi) is 6.45. The molecule has 0 aliphatic carbocycles. The average Bonchev–Trinajstić information content (AvgIpc) is 2.52. The highest BCUT2D eigenvalue weighted by Gasteiger charge is 2.26. The lowest BCUT2D eigenvalue weighted by Gasteiger charge is -2.18. The minimum Gasteiger partial charge on any atom is -0.322 e. The predicted octanol–water partition coefficient (Wildman–Crippen LogP) is 4.15. The van der Waals surface area contributed by atoms with Crippen molar-refractivity contribution < 1.29 is 17.6 Å².